The molecule has 0 unspecified atom stereocenters. The first-order chi connectivity index (χ1) is 13.4. The Morgan fingerprint density at radius 3 is 2.86 bits per heavy atom. The highest BCUT2D eigenvalue weighted by Gasteiger charge is 2.54. The molecule has 1 aliphatic heterocycles. The summed E-state index contributed by atoms with van der Waals surface area (Å²) in [7, 11) is 0. The van der Waals surface area contributed by atoms with E-state index in [1.807, 2.05) is 6.08 Å². The van der Waals surface area contributed by atoms with Crippen molar-refractivity contribution < 1.29 is 9.18 Å². The van der Waals surface area contributed by atoms with Crippen LogP contribution >= 0.6 is 0 Å². The van der Waals surface area contributed by atoms with Crippen molar-refractivity contribution in [1.82, 2.24) is 10.3 Å². The second-order valence-electron chi connectivity index (χ2n) is 9.34. The Kier molecular flexibility index (Phi) is 3.91. The van der Waals surface area contributed by atoms with Gasteiger partial charge in [-0.05, 0) is 66.6 Å². The standard InChI is InChI=1S/C24H27FN2O/c1-23-9-10-27-22(28)12-16(23)3-4-18-20-6-5-19(15-11-17(25)14-26-13-15)24(20,2)8-7-21(18)23/h5-6,11-14,18,21H,3-4,7-10H2,1-2H3,(H,27,28)/t18-,21-,23-,24+/m0/s1. The lowest BCUT2D eigenvalue weighted by atomic mass is 9.49. The Morgan fingerprint density at radius 2 is 2.04 bits per heavy atom. The number of carbonyl (C=O) groups is 1. The average molecular weight is 378 g/mol. The molecule has 1 aromatic rings. The maximum absolute atomic E-state index is 13.8. The van der Waals surface area contributed by atoms with Gasteiger partial charge in [-0.2, -0.15) is 0 Å². The van der Waals surface area contributed by atoms with Crippen LogP contribution in [0, 0.1) is 28.5 Å². The third-order valence-electron chi connectivity index (χ3n) is 8.04. The van der Waals surface area contributed by atoms with E-state index in [-0.39, 0.29) is 22.6 Å². The minimum Gasteiger partial charge on any atom is -0.353 e. The Hall–Kier alpha value is -2.23. The highest BCUT2D eigenvalue weighted by Crippen LogP contribution is 2.64. The number of rotatable bonds is 1. The number of hydrogen-bond donors (Lipinski definition) is 1. The van der Waals surface area contributed by atoms with Gasteiger partial charge in [0.25, 0.3) is 0 Å². The molecule has 4 atom stereocenters. The minimum absolute atomic E-state index is 0.0347. The number of pyridine rings is 1. The van der Waals surface area contributed by atoms with Crippen LogP contribution in [0.4, 0.5) is 4.39 Å². The molecule has 2 heterocycles. The van der Waals surface area contributed by atoms with Crippen LogP contribution in [0.15, 0.2) is 47.8 Å². The van der Waals surface area contributed by atoms with Gasteiger partial charge >= 0.3 is 0 Å². The van der Waals surface area contributed by atoms with Crippen molar-refractivity contribution in [2.75, 3.05) is 6.54 Å². The molecule has 4 heteroatoms. The Labute approximate surface area is 165 Å². The third-order valence-corrected chi connectivity index (χ3v) is 8.04. The van der Waals surface area contributed by atoms with Crippen LogP contribution in [0.5, 0.6) is 0 Å². The van der Waals surface area contributed by atoms with Crippen LogP contribution in [0.3, 0.4) is 0 Å². The van der Waals surface area contributed by atoms with Crippen molar-refractivity contribution in [3.05, 3.63) is 59.2 Å². The molecule has 0 saturated heterocycles. The van der Waals surface area contributed by atoms with Gasteiger partial charge in [-0.15, -0.1) is 0 Å². The van der Waals surface area contributed by atoms with Crippen molar-refractivity contribution in [3.8, 4) is 0 Å². The smallest absolute Gasteiger partial charge is 0.243 e. The quantitative estimate of drug-likeness (QED) is 0.761. The molecule has 2 saturated carbocycles. The lowest BCUT2D eigenvalue weighted by molar-refractivity contribution is -0.116. The van der Waals surface area contributed by atoms with Crippen LogP contribution in [-0.2, 0) is 4.79 Å². The van der Waals surface area contributed by atoms with Gasteiger partial charge in [0.1, 0.15) is 5.82 Å². The summed E-state index contributed by atoms with van der Waals surface area (Å²) in [6.45, 7) is 5.46. The molecule has 5 rings (SSSR count). The van der Waals surface area contributed by atoms with Gasteiger partial charge in [-0.1, -0.05) is 37.1 Å². The summed E-state index contributed by atoms with van der Waals surface area (Å²) in [5, 5.41) is 3.03. The summed E-state index contributed by atoms with van der Waals surface area (Å²) in [6, 6.07) is 1.61. The normalized spacial score (nSPS) is 36.8. The van der Waals surface area contributed by atoms with E-state index in [1.165, 1.54) is 22.9 Å². The zero-order chi connectivity index (χ0) is 19.5. The molecule has 4 aliphatic rings. The largest absolute Gasteiger partial charge is 0.353 e. The number of amides is 1. The second-order valence-corrected chi connectivity index (χ2v) is 9.34. The van der Waals surface area contributed by atoms with E-state index in [1.54, 1.807) is 12.3 Å². The van der Waals surface area contributed by atoms with Crippen LogP contribution in [0.1, 0.15) is 51.5 Å². The molecule has 146 valence electrons. The molecule has 1 N–H and O–H groups in total. The first-order valence-electron chi connectivity index (χ1n) is 10.4. The molecule has 0 radical (unpaired) electrons. The van der Waals surface area contributed by atoms with Crippen LogP contribution < -0.4 is 5.32 Å². The van der Waals surface area contributed by atoms with Crippen molar-refractivity contribution >= 4 is 11.5 Å². The van der Waals surface area contributed by atoms with E-state index in [9.17, 15) is 9.18 Å². The second kappa shape index (κ2) is 6.13. The Bertz CT molecular complexity index is 946. The average Bonchev–Trinajstić information content (AvgIpc) is 2.93. The minimum atomic E-state index is -0.278. The number of fused-ring (bicyclic) bond motifs is 5. The van der Waals surface area contributed by atoms with Gasteiger partial charge in [0.2, 0.25) is 5.91 Å². The van der Waals surface area contributed by atoms with Crippen molar-refractivity contribution in [1.29, 1.82) is 0 Å². The number of aromatic nitrogens is 1. The molecule has 2 fully saturated rings. The summed E-state index contributed by atoms with van der Waals surface area (Å²) in [5.41, 5.74) is 5.01. The van der Waals surface area contributed by atoms with Crippen molar-refractivity contribution in [3.63, 3.8) is 0 Å². The van der Waals surface area contributed by atoms with Gasteiger partial charge < -0.3 is 5.32 Å². The summed E-state index contributed by atoms with van der Waals surface area (Å²) in [5.74, 6) is 0.891. The molecule has 3 aliphatic carbocycles. The van der Waals surface area contributed by atoms with Crippen LogP contribution in [-0.4, -0.2) is 17.4 Å². The summed E-state index contributed by atoms with van der Waals surface area (Å²) in [6.07, 6.45) is 14.7. The number of hydrogen-bond acceptors (Lipinski definition) is 2. The molecule has 0 bridgehead atoms. The molecular weight excluding hydrogens is 351 g/mol. The van der Waals surface area contributed by atoms with E-state index >= 15 is 0 Å². The SMILES string of the molecule is C[C@]12CC[C@H]3[C@@H](CCC4=CC(=O)NCC[C@@]43C)C1=CC=C2c1cncc(F)c1. The van der Waals surface area contributed by atoms with E-state index in [2.05, 4.69) is 36.3 Å². The van der Waals surface area contributed by atoms with Gasteiger partial charge in [0, 0.05) is 24.2 Å². The zero-order valence-electron chi connectivity index (χ0n) is 16.6. The Morgan fingerprint density at radius 1 is 1.18 bits per heavy atom. The molecular formula is C24H27FN2O. The van der Waals surface area contributed by atoms with Crippen molar-refractivity contribution in [2.45, 2.75) is 46.0 Å². The van der Waals surface area contributed by atoms with E-state index in [0.717, 1.165) is 44.2 Å². The molecule has 0 aromatic carbocycles. The fourth-order valence-corrected chi connectivity index (χ4v) is 6.54. The number of nitrogens with zero attached hydrogens (tertiary/aromatic N) is 1. The fourth-order valence-electron chi connectivity index (χ4n) is 6.54. The predicted octanol–water partition coefficient (Wildman–Crippen LogP) is 4.82. The number of nitrogens with one attached hydrogen (secondary N) is 1. The summed E-state index contributed by atoms with van der Waals surface area (Å²) < 4.78 is 13.8. The van der Waals surface area contributed by atoms with Gasteiger partial charge in [-0.3, -0.25) is 9.78 Å². The molecule has 0 spiro atoms. The first-order valence-corrected chi connectivity index (χ1v) is 10.4. The molecule has 3 nitrogen and oxygen atoms in total. The fraction of sp³-hybridized carbons (Fsp3) is 0.500. The van der Waals surface area contributed by atoms with E-state index in [0.29, 0.717) is 11.8 Å². The summed E-state index contributed by atoms with van der Waals surface area (Å²) in [4.78, 5) is 16.1. The Balaban J connectivity index is 1.49. The third kappa shape index (κ3) is 2.46. The van der Waals surface area contributed by atoms with Gasteiger partial charge in [0.15, 0.2) is 0 Å². The predicted molar refractivity (Wildman–Crippen MR) is 108 cm³/mol. The molecule has 1 aromatic heterocycles. The highest BCUT2D eigenvalue weighted by atomic mass is 19.1. The van der Waals surface area contributed by atoms with Gasteiger partial charge in [-0.25, -0.2) is 4.39 Å². The number of carbonyl (C=O) groups excluding carboxylic acids is 1. The number of halogens is 1. The van der Waals surface area contributed by atoms with E-state index in [4.69, 9.17) is 0 Å². The van der Waals surface area contributed by atoms with Crippen LogP contribution in [0.25, 0.3) is 5.57 Å². The monoisotopic (exact) mass is 378 g/mol. The lowest BCUT2D eigenvalue weighted by Crippen LogP contribution is -2.46. The lowest BCUT2D eigenvalue weighted by Gasteiger charge is -2.55. The maximum Gasteiger partial charge on any atom is 0.243 e. The molecule has 1 amide bonds. The number of allylic oxidation sites excluding steroid dienone is 5. The van der Waals surface area contributed by atoms with Gasteiger partial charge in [0.05, 0.1) is 6.20 Å². The topological polar surface area (TPSA) is 42.0 Å². The highest BCUT2D eigenvalue weighted by molar-refractivity contribution is 5.89. The maximum atomic E-state index is 13.8. The van der Waals surface area contributed by atoms with Crippen molar-refractivity contribution in [2.24, 2.45) is 22.7 Å². The summed E-state index contributed by atoms with van der Waals surface area (Å²) >= 11 is 0. The molecule has 28 heavy (non-hydrogen) atoms. The zero-order valence-corrected chi connectivity index (χ0v) is 16.6. The van der Waals surface area contributed by atoms with E-state index < -0.39 is 0 Å². The first kappa shape index (κ1) is 17.8. The van der Waals surface area contributed by atoms with Crippen LogP contribution in [0.2, 0.25) is 0 Å².